The monoisotopic (exact) mass is 145 g/mol. The van der Waals surface area contributed by atoms with Crippen molar-refractivity contribution in [1.82, 2.24) is 5.32 Å². The maximum absolute atomic E-state index is 10.7. The predicted molar refractivity (Wildman–Crippen MR) is 39.6 cm³/mol. The predicted octanol–water partition coefficient (Wildman–Crippen LogP) is 0.630. The molecule has 0 aliphatic carbocycles. The third-order valence-electron chi connectivity index (χ3n) is 1.26. The zero-order valence-electron chi connectivity index (χ0n) is 5.35. The average molecular weight is 145 g/mol. The molecule has 0 bridgehead atoms. The van der Waals surface area contributed by atoms with Gasteiger partial charge in [-0.3, -0.25) is 4.79 Å². The molecule has 52 valence electrons. The molecule has 3 heteroatoms. The van der Waals surface area contributed by atoms with Crippen LogP contribution in [0.2, 0.25) is 0 Å². The van der Waals surface area contributed by atoms with Crippen molar-refractivity contribution in [2.24, 2.45) is 0 Å². The highest BCUT2D eigenvalue weighted by Gasteiger charge is 2.02. The molecule has 0 spiro atoms. The molecule has 0 saturated carbocycles. The van der Waals surface area contributed by atoms with E-state index >= 15 is 0 Å². The van der Waals surface area contributed by atoms with Crippen molar-refractivity contribution in [1.29, 1.82) is 0 Å². The summed E-state index contributed by atoms with van der Waals surface area (Å²) in [4.78, 5) is 10.7. The molecule has 0 unspecified atom stereocenters. The molecule has 1 heterocycles. The van der Waals surface area contributed by atoms with Crippen LogP contribution in [-0.2, 0) is 4.79 Å². The van der Waals surface area contributed by atoms with Gasteiger partial charge in [0.15, 0.2) is 0 Å². The Morgan fingerprint density at radius 1 is 1.44 bits per heavy atom. The van der Waals surface area contributed by atoms with Crippen LogP contribution in [0.1, 0.15) is 12.8 Å². The van der Waals surface area contributed by atoms with Crippen molar-refractivity contribution >= 4 is 17.7 Å². The van der Waals surface area contributed by atoms with Crippen LogP contribution in [0.5, 0.6) is 0 Å². The van der Waals surface area contributed by atoms with Gasteiger partial charge in [-0.2, -0.15) is 11.8 Å². The van der Waals surface area contributed by atoms with E-state index in [2.05, 4.69) is 5.32 Å². The zero-order chi connectivity index (χ0) is 6.53. The molecule has 0 radical (unpaired) electrons. The van der Waals surface area contributed by atoms with E-state index in [4.69, 9.17) is 0 Å². The number of nitrogens with one attached hydrogen (secondary N) is 1. The minimum Gasteiger partial charge on any atom is -0.356 e. The molecule has 1 rings (SSSR count). The van der Waals surface area contributed by atoms with E-state index in [1.807, 2.05) is 11.8 Å². The van der Waals surface area contributed by atoms with Crippen LogP contribution >= 0.6 is 11.8 Å². The third kappa shape index (κ3) is 2.75. The van der Waals surface area contributed by atoms with Gasteiger partial charge in [-0.15, -0.1) is 0 Å². The molecule has 1 aliphatic heterocycles. The summed E-state index contributed by atoms with van der Waals surface area (Å²) in [6.45, 7) is 0.867. The number of hydrogen-bond donors (Lipinski definition) is 1. The van der Waals surface area contributed by atoms with Gasteiger partial charge in [-0.25, -0.2) is 0 Å². The van der Waals surface area contributed by atoms with Gasteiger partial charge in [0.1, 0.15) is 0 Å². The molecule has 1 fully saturated rings. The van der Waals surface area contributed by atoms with Gasteiger partial charge in [0.2, 0.25) is 5.91 Å². The molecule has 1 amide bonds. The van der Waals surface area contributed by atoms with Gasteiger partial charge >= 0.3 is 0 Å². The van der Waals surface area contributed by atoms with Crippen LogP contribution in [0.3, 0.4) is 0 Å². The topological polar surface area (TPSA) is 29.1 Å². The van der Waals surface area contributed by atoms with Crippen LogP contribution in [0.25, 0.3) is 0 Å². The summed E-state index contributed by atoms with van der Waals surface area (Å²) in [5, 5.41) is 2.83. The van der Waals surface area contributed by atoms with Crippen LogP contribution in [0.15, 0.2) is 0 Å². The maximum atomic E-state index is 10.7. The van der Waals surface area contributed by atoms with E-state index < -0.39 is 0 Å². The molecule has 2 nitrogen and oxygen atoms in total. The fourth-order valence-corrected chi connectivity index (χ4v) is 1.64. The molecular formula is C6H11NOS. The number of carbonyl (C=O) groups is 1. The summed E-state index contributed by atoms with van der Waals surface area (Å²) in [5.74, 6) is 2.40. The number of amides is 1. The Balaban J connectivity index is 2.20. The number of thioether (sulfide) groups is 1. The van der Waals surface area contributed by atoms with E-state index in [0.29, 0.717) is 6.42 Å². The Kier molecular flexibility index (Phi) is 2.91. The van der Waals surface area contributed by atoms with E-state index in [-0.39, 0.29) is 5.91 Å². The number of rotatable bonds is 0. The first kappa shape index (κ1) is 6.93. The second-order valence-electron chi connectivity index (χ2n) is 2.07. The lowest BCUT2D eigenvalue weighted by atomic mass is 10.4. The van der Waals surface area contributed by atoms with Crippen molar-refractivity contribution in [3.63, 3.8) is 0 Å². The van der Waals surface area contributed by atoms with Gasteiger partial charge in [-0.1, -0.05) is 0 Å². The number of hydrogen-bond acceptors (Lipinski definition) is 2. The first-order chi connectivity index (χ1) is 4.39. The summed E-state index contributed by atoms with van der Waals surface area (Å²) in [7, 11) is 0. The minimum atomic E-state index is 0.210. The van der Waals surface area contributed by atoms with Gasteiger partial charge in [-0.05, 0) is 12.2 Å². The molecule has 0 atom stereocenters. The van der Waals surface area contributed by atoms with Gasteiger partial charge in [0, 0.05) is 18.7 Å². The Hall–Kier alpha value is -0.180. The lowest BCUT2D eigenvalue weighted by Gasteiger charge is -2.08. The molecule has 0 aromatic carbocycles. The third-order valence-corrected chi connectivity index (χ3v) is 2.33. The molecule has 1 N–H and O–H groups in total. The van der Waals surface area contributed by atoms with Crippen LogP contribution < -0.4 is 5.32 Å². The summed E-state index contributed by atoms with van der Waals surface area (Å²) in [6.07, 6.45) is 1.82. The highest BCUT2D eigenvalue weighted by atomic mass is 32.2. The van der Waals surface area contributed by atoms with Crippen molar-refractivity contribution in [2.45, 2.75) is 12.8 Å². The van der Waals surface area contributed by atoms with Crippen molar-refractivity contribution in [3.05, 3.63) is 0 Å². The Morgan fingerprint density at radius 3 is 3.22 bits per heavy atom. The van der Waals surface area contributed by atoms with Gasteiger partial charge < -0.3 is 5.32 Å². The van der Waals surface area contributed by atoms with Crippen molar-refractivity contribution < 1.29 is 4.79 Å². The summed E-state index contributed by atoms with van der Waals surface area (Å²) >= 11 is 1.87. The van der Waals surface area contributed by atoms with E-state index in [0.717, 1.165) is 18.7 Å². The highest BCUT2D eigenvalue weighted by molar-refractivity contribution is 7.99. The van der Waals surface area contributed by atoms with E-state index in [1.165, 1.54) is 5.75 Å². The Morgan fingerprint density at radius 2 is 2.33 bits per heavy atom. The Bertz CT molecular complexity index is 95.2. The van der Waals surface area contributed by atoms with E-state index in [1.54, 1.807) is 0 Å². The van der Waals surface area contributed by atoms with Gasteiger partial charge in [0.05, 0.1) is 0 Å². The molecule has 0 aromatic heterocycles. The summed E-state index contributed by atoms with van der Waals surface area (Å²) in [5.41, 5.74) is 0. The van der Waals surface area contributed by atoms with Crippen molar-refractivity contribution in [3.8, 4) is 0 Å². The summed E-state index contributed by atoms with van der Waals surface area (Å²) < 4.78 is 0. The maximum Gasteiger partial charge on any atom is 0.220 e. The molecule has 9 heavy (non-hydrogen) atoms. The molecule has 0 aromatic rings. The zero-order valence-corrected chi connectivity index (χ0v) is 6.17. The first-order valence-corrected chi connectivity index (χ1v) is 4.39. The SMILES string of the molecule is O=C1CCSCCCN1. The Labute approximate surface area is 59.4 Å². The number of carbonyl (C=O) groups excluding carboxylic acids is 1. The standard InChI is InChI=1S/C6H11NOS/c8-6-2-5-9-4-1-3-7-6/h1-5H2,(H,7,8). The quantitative estimate of drug-likeness (QED) is 0.541. The second-order valence-corrected chi connectivity index (χ2v) is 3.29. The van der Waals surface area contributed by atoms with Crippen LogP contribution in [-0.4, -0.2) is 24.0 Å². The lowest BCUT2D eigenvalue weighted by Crippen LogP contribution is -2.26. The molecular weight excluding hydrogens is 134 g/mol. The summed E-state index contributed by atoms with van der Waals surface area (Å²) in [6, 6.07) is 0. The van der Waals surface area contributed by atoms with Crippen LogP contribution in [0.4, 0.5) is 0 Å². The normalized spacial score (nSPS) is 22.0. The average Bonchev–Trinajstić information content (AvgIpc) is 1.79. The second kappa shape index (κ2) is 3.77. The van der Waals surface area contributed by atoms with E-state index in [9.17, 15) is 4.79 Å². The molecule has 1 saturated heterocycles. The largest absolute Gasteiger partial charge is 0.356 e. The smallest absolute Gasteiger partial charge is 0.220 e. The van der Waals surface area contributed by atoms with Crippen LogP contribution in [0, 0.1) is 0 Å². The van der Waals surface area contributed by atoms with Crippen molar-refractivity contribution in [2.75, 3.05) is 18.1 Å². The lowest BCUT2D eigenvalue weighted by molar-refractivity contribution is -0.120. The fourth-order valence-electron chi connectivity index (χ4n) is 0.757. The minimum absolute atomic E-state index is 0.210. The highest BCUT2D eigenvalue weighted by Crippen LogP contribution is 2.05. The van der Waals surface area contributed by atoms with Gasteiger partial charge in [0.25, 0.3) is 0 Å². The fraction of sp³-hybridized carbons (Fsp3) is 0.833. The molecule has 1 aliphatic rings. The first-order valence-electron chi connectivity index (χ1n) is 3.24.